The van der Waals surface area contributed by atoms with Crippen LogP contribution in [-0.4, -0.2) is 44.1 Å². The molecule has 1 aromatic rings. The van der Waals surface area contributed by atoms with Gasteiger partial charge in [-0.15, -0.1) is 12.4 Å². The number of nitrogens with zero attached hydrogens (tertiary/aromatic N) is 1. The molecular formula is C19H30Cl2N2O2. The topological polar surface area (TPSA) is 41.6 Å². The first-order valence-electron chi connectivity index (χ1n) is 8.89. The highest BCUT2D eigenvalue weighted by Crippen LogP contribution is 2.24. The van der Waals surface area contributed by atoms with Gasteiger partial charge >= 0.3 is 0 Å². The molecule has 0 bridgehead atoms. The van der Waals surface area contributed by atoms with Crippen molar-refractivity contribution in [3.63, 3.8) is 0 Å². The van der Waals surface area contributed by atoms with Crippen LogP contribution in [0, 0.1) is 11.8 Å². The molecule has 25 heavy (non-hydrogen) atoms. The quantitative estimate of drug-likeness (QED) is 0.683. The number of amides is 1. The number of rotatable bonds is 8. The Kier molecular flexibility index (Phi) is 10.2. The van der Waals surface area contributed by atoms with Crippen LogP contribution in [0.25, 0.3) is 0 Å². The first-order valence-corrected chi connectivity index (χ1v) is 9.27. The van der Waals surface area contributed by atoms with Gasteiger partial charge in [-0.1, -0.05) is 18.5 Å². The molecule has 1 fully saturated rings. The Hall–Kier alpha value is -0.970. The maximum absolute atomic E-state index is 12.4. The van der Waals surface area contributed by atoms with E-state index in [-0.39, 0.29) is 18.3 Å². The molecule has 0 aliphatic carbocycles. The van der Waals surface area contributed by atoms with E-state index < -0.39 is 0 Å². The Morgan fingerprint density at radius 1 is 1.32 bits per heavy atom. The fraction of sp³-hybridized carbons (Fsp3) is 0.632. The summed E-state index contributed by atoms with van der Waals surface area (Å²) in [7, 11) is 1.89. The van der Waals surface area contributed by atoms with E-state index in [1.54, 1.807) is 0 Å². The lowest BCUT2D eigenvalue weighted by Crippen LogP contribution is -2.34. The van der Waals surface area contributed by atoms with Crippen molar-refractivity contribution in [3.05, 3.63) is 29.3 Å². The fourth-order valence-electron chi connectivity index (χ4n) is 3.16. The molecule has 1 saturated heterocycles. The number of ether oxygens (including phenoxy) is 1. The van der Waals surface area contributed by atoms with Crippen LogP contribution in [0.15, 0.2) is 24.3 Å². The standard InChI is InChI=1S/C19H29ClN2O2.ClH/c1-15(16-8-10-21-11-9-16)14-19(23)22(2)12-3-13-24-18-6-4-17(20)5-7-18;/h4-7,15-16,21H,3,8-14H2,1-2H3;1H. The zero-order valence-electron chi connectivity index (χ0n) is 15.2. The monoisotopic (exact) mass is 388 g/mol. The number of carbonyl (C=O) groups is 1. The number of nitrogens with one attached hydrogen (secondary N) is 1. The van der Waals surface area contributed by atoms with E-state index in [1.165, 1.54) is 12.8 Å². The predicted octanol–water partition coefficient (Wildman–Crippen LogP) is 4.01. The zero-order valence-corrected chi connectivity index (χ0v) is 16.7. The molecular weight excluding hydrogens is 359 g/mol. The third-order valence-corrected chi connectivity index (χ3v) is 5.08. The second-order valence-electron chi connectivity index (χ2n) is 6.74. The van der Waals surface area contributed by atoms with E-state index in [0.717, 1.165) is 31.8 Å². The van der Waals surface area contributed by atoms with Crippen LogP contribution in [0.4, 0.5) is 0 Å². The zero-order chi connectivity index (χ0) is 17.4. The average Bonchev–Trinajstić information content (AvgIpc) is 2.60. The van der Waals surface area contributed by atoms with Gasteiger partial charge in [-0.3, -0.25) is 4.79 Å². The lowest BCUT2D eigenvalue weighted by atomic mass is 9.84. The van der Waals surface area contributed by atoms with Crippen molar-refractivity contribution in [2.75, 3.05) is 33.3 Å². The van der Waals surface area contributed by atoms with Gasteiger partial charge in [-0.05, 0) is 68.5 Å². The van der Waals surface area contributed by atoms with Crippen molar-refractivity contribution in [3.8, 4) is 5.75 Å². The second kappa shape index (κ2) is 11.6. The fourth-order valence-corrected chi connectivity index (χ4v) is 3.28. The van der Waals surface area contributed by atoms with E-state index in [9.17, 15) is 4.79 Å². The molecule has 1 heterocycles. The van der Waals surface area contributed by atoms with Gasteiger partial charge in [0.25, 0.3) is 0 Å². The highest BCUT2D eigenvalue weighted by molar-refractivity contribution is 6.30. The minimum Gasteiger partial charge on any atom is -0.494 e. The van der Waals surface area contributed by atoms with Gasteiger partial charge in [0.1, 0.15) is 5.75 Å². The van der Waals surface area contributed by atoms with Gasteiger partial charge in [0.15, 0.2) is 0 Å². The number of hydrogen-bond acceptors (Lipinski definition) is 3. The predicted molar refractivity (Wildman–Crippen MR) is 106 cm³/mol. The van der Waals surface area contributed by atoms with Crippen LogP contribution in [0.3, 0.4) is 0 Å². The van der Waals surface area contributed by atoms with Crippen molar-refractivity contribution in [2.45, 2.75) is 32.6 Å². The molecule has 0 aromatic heterocycles. The highest BCUT2D eigenvalue weighted by atomic mass is 35.5. The van der Waals surface area contributed by atoms with Crippen LogP contribution < -0.4 is 10.1 Å². The molecule has 0 spiro atoms. The second-order valence-corrected chi connectivity index (χ2v) is 7.18. The van der Waals surface area contributed by atoms with Gasteiger partial charge in [-0.25, -0.2) is 0 Å². The van der Waals surface area contributed by atoms with Crippen LogP contribution in [0.2, 0.25) is 5.02 Å². The molecule has 0 radical (unpaired) electrons. The third kappa shape index (κ3) is 7.85. The summed E-state index contributed by atoms with van der Waals surface area (Å²) in [6.45, 7) is 5.71. The Labute approximate surface area is 162 Å². The molecule has 1 amide bonds. The lowest BCUT2D eigenvalue weighted by Gasteiger charge is -2.29. The maximum atomic E-state index is 12.4. The van der Waals surface area contributed by atoms with Crippen molar-refractivity contribution >= 4 is 29.9 Å². The summed E-state index contributed by atoms with van der Waals surface area (Å²) in [6.07, 6.45) is 3.85. The molecule has 0 saturated carbocycles. The van der Waals surface area contributed by atoms with E-state index in [1.807, 2.05) is 36.2 Å². The van der Waals surface area contributed by atoms with Crippen molar-refractivity contribution in [1.82, 2.24) is 10.2 Å². The first-order chi connectivity index (χ1) is 11.6. The summed E-state index contributed by atoms with van der Waals surface area (Å²) in [5, 5.41) is 4.08. The van der Waals surface area contributed by atoms with Crippen LogP contribution >= 0.6 is 24.0 Å². The van der Waals surface area contributed by atoms with Gasteiger partial charge < -0.3 is 15.0 Å². The molecule has 1 atom stereocenters. The van der Waals surface area contributed by atoms with Crippen molar-refractivity contribution in [2.24, 2.45) is 11.8 Å². The van der Waals surface area contributed by atoms with Crippen molar-refractivity contribution in [1.29, 1.82) is 0 Å². The average molecular weight is 389 g/mol. The van der Waals surface area contributed by atoms with Gasteiger partial charge in [-0.2, -0.15) is 0 Å². The minimum atomic E-state index is 0. The molecule has 6 heteroatoms. The van der Waals surface area contributed by atoms with Crippen LogP contribution in [0.5, 0.6) is 5.75 Å². The van der Waals surface area contributed by atoms with E-state index in [0.29, 0.717) is 29.9 Å². The lowest BCUT2D eigenvalue weighted by molar-refractivity contribution is -0.131. The third-order valence-electron chi connectivity index (χ3n) is 4.83. The normalized spacial score (nSPS) is 16.0. The molecule has 4 nitrogen and oxygen atoms in total. The molecule has 1 aliphatic heterocycles. The summed E-state index contributed by atoms with van der Waals surface area (Å²) in [5.74, 6) is 2.20. The van der Waals surface area contributed by atoms with Crippen LogP contribution in [0.1, 0.15) is 32.6 Å². The number of benzene rings is 1. The summed E-state index contributed by atoms with van der Waals surface area (Å²) in [5.41, 5.74) is 0. The Balaban J connectivity index is 0.00000312. The molecule has 2 rings (SSSR count). The van der Waals surface area contributed by atoms with Gasteiger partial charge in [0, 0.05) is 25.0 Å². The Morgan fingerprint density at radius 3 is 2.60 bits per heavy atom. The molecule has 1 N–H and O–H groups in total. The molecule has 1 aliphatic rings. The summed E-state index contributed by atoms with van der Waals surface area (Å²) in [6, 6.07) is 7.35. The molecule has 1 aromatic carbocycles. The number of hydrogen-bond donors (Lipinski definition) is 1. The van der Waals surface area contributed by atoms with Gasteiger partial charge in [0.05, 0.1) is 6.61 Å². The van der Waals surface area contributed by atoms with Crippen LogP contribution in [-0.2, 0) is 4.79 Å². The van der Waals surface area contributed by atoms with Crippen molar-refractivity contribution < 1.29 is 9.53 Å². The first kappa shape index (κ1) is 22.1. The number of halogens is 2. The summed E-state index contributed by atoms with van der Waals surface area (Å²) in [4.78, 5) is 14.2. The Bertz CT molecular complexity index is 505. The highest BCUT2D eigenvalue weighted by Gasteiger charge is 2.23. The largest absolute Gasteiger partial charge is 0.494 e. The minimum absolute atomic E-state index is 0. The molecule has 142 valence electrons. The number of piperidine rings is 1. The maximum Gasteiger partial charge on any atom is 0.222 e. The van der Waals surface area contributed by atoms with E-state index >= 15 is 0 Å². The summed E-state index contributed by atoms with van der Waals surface area (Å²) >= 11 is 5.84. The summed E-state index contributed by atoms with van der Waals surface area (Å²) < 4.78 is 5.66. The smallest absolute Gasteiger partial charge is 0.222 e. The van der Waals surface area contributed by atoms with Gasteiger partial charge in [0.2, 0.25) is 5.91 Å². The Morgan fingerprint density at radius 2 is 1.96 bits per heavy atom. The van der Waals surface area contributed by atoms with E-state index in [4.69, 9.17) is 16.3 Å². The molecule has 1 unspecified atom stereocenters. The van der Waals surface area contributed by atoms with E-state index in [2.05, 4.69) is 12.2 Å². The SMILES string of the molecule is CC(CC(=O)N(C)CCCOc1ccc(Cl)cc1)C1CCNCC1.Cl. The number of carbonyl (C=O) groups excluding carboxylic acids is 1.